The predicted molar refractivity (Wildman–Crippen MR) is 85.8 cm³/mol. The number of ketones is 1. The van der Waals surface area contributed by atoms with E-state index in [1.165, 1.54) is 6.07 Å². The molecule has 0 aromatic heterocycles. The van der Waals surface area contributed by atoms with Crippen LogP contribution in [0.4, 0.5) is 0 Å². The summed E-state index contributed by atoms with van der Waals surface area (Å²) in [6.45, 7) is 0.129. The molecule has 1 aliphatic heterocycles. The maximum absolute atomic E-state index is 11.1. The van der Waals surface area contributed by atoms with Gasteiger partial charge < -0.3 is 14.1 Å². The van der Waals surface area contributed by atoms with Crippen LogP contribution in [0.3, 0.4) is 0 Å². The summed E-state index contributed by atoms with van der Waals surface area (Å²) in [7, 11) is 0.592. The van der Waals surface area contributed by atoms with E-state index in [9.17, 15) is 9.59 Å². The number of aldehydes is 1. The van der Waals surface area contributed by atoms with E-state index in [1.54, 1.807) is 12.1 Å². The molecular formula is C17H12BNO5. The second kappa shape index (κ2) is 6.98. The first-order valence-electron chi connectivity index (χ1n) is 7.22. The van der Waals surface area contributed by atoms with Crippen LogP contribution < -0.4 is 14.9 Å². The highest BCUT2D eigenvalue weighted by molar-refractivity contribution is 6.48. The van der Waals surface area contributed by atoms with E-state index in [1.807, 2.05) is 24.3 Å². The molecule has 0 aliphatic carbocycles. The fourth-order valence-corrected chi connectivity index (χ4v) is 2.30. The third-order valence-electron chi connectivity index (χ3n) is 3.49. The van der Waals surface area contributed by atoms with Gasteiger partial charge in [-0.25, -0.2) is 0 Å². The van der Waals surface area contributed by atoms with E-state index in [0.717, 1.165) is 11.0 Å². The van der Waals surface area contributed by atoms with Crippen molar-refractivity contribution in [2.24, 2.45) is 0 Å². The minimum absolute atomic E-state index is 0.190. The number of carbonyl (C=O) groups excluding carboxylic acids is 2. The fourth-order valence-electron chi connectivity index (χ4n) is 2.30. The molecule has 0 bridgehead atoms. The molecule has 118 valence electrons. The van der Waals surface area contributed by atoms with Crippen LogP contribution in [0.5, 0.6) is 17.2 Å². The van der Waals surface area contributed by atoms with Crippen LogP contribution >= 0.6 is 0 Å². The number of hydrogen-bond donors (Lipinski definition) is 0. The first-order chi connectivity index (χ1) is 11.7. The van der Waals surface area contributed by atoms with Crippen molar-refractivity contribution in [3.8, 4) is 23.3 Å². The second-order valence-corrected chi connectivity index (χ2v) is 5.17. The summed E-state index contributed by atoms with van der Waals surface area (Å²) in [5, 5.41) is 8.99. The lowest BCUT2D eigenvalue weighted by Crippen LogP contribution is -2.12. The molecule has 0 unspecified atom stereocenters. The minimum atomic E-state index is -0.696. The smallest absolute Gasteiger partial charge is 0.309 e. The molecule has 3 rings (SSSR count). The van der Waals surface area contributed by atoms with Gasteiger partial charge in [0.05, 0.1) is 18.2 Å². The molecule has 0 fully saturated rings. The van der Waals surface area contributed by atoms with Gasteiger partial charge in [-0.3, -0.25) is 9.59 Å². The highest BCUT2D eigenvalue weighted by atomic mass is 16.5. The van der Waals surface area contributed by atoms with E-state index in [4.69, 9.17) is 19.4 Å². The first-order valence-corrected chi connectivity index (χ1v) is 7.22. The van der Waals surface area contributed by atoms with Crippen molar-refractivity contribution >= 4 is 25.0 Å². The molecular weight excluding hydrogens is 309 g/mol. The molecule has 0 amide bonds. The molecule has 0 atom stereocenters. The van der Waals surface area contributed by atoms with E-state index in [0.29, 0.717) is 31.2 Å². The monoisotopic (exact) mass is 321 g/mol. The topological polar surface area (TPSA) is 85.6 Å². The number of fused-ring (bicyclic) bond motifs is 1. The zero-order valence-electron chi connectivity index (χ0n) is 12.7. The van der Waals surface area contributed by atoms with Crippen LogP contribution in [0.25, 0.3) is 0 Å². The van der Waals surface area contributed by atoms with Crippen molar-refractivity contribution in [2.75, 3.05) is 6.61 Å². The number of Topliss-reactive ketones (excluding diaryl/α,β-unsaturated/α-hetero) is 1. The Morgan fingerprint density at radius 3 is 2.96 bits per heavy atom. The standard InChI is InChI=1S/C17H12BNO5/c19-7-11-1-4-16(17(5-11)22-10-13(21)8-20)24-14-2-3-15-12(6-14)9-23-18-15/h1-6,8,18H,9-10H2. The Balaban J connectivity index is 1.85. The predicted octanol–water partition coefficient (Wildman–Crippen LogP) is 1.00. The van der Waals surface area contributed by atoms with Gasteiger partial charge in [-0.2, -0.15) is 5.26 Å². The Kier molecular flexibility index (Phi) is 4.59. The molecule has 0 saturated heterocycles. The van der Waals surface area contributed by atoms with Crippen LogP contribution in [0, 0.1) is 11.3 Å². The zero-order chi connectivity index (χ0) is 16.9. The van der Waals surface area contributed by atoms with Crippen molar-refractivity contribution in [3.05, 3.63) is 47.5 Å². The SMILES string of the molecule is N#Cc1ccc(Oc2ccc3c(c2)COB3)c(OCC(=O)C=O)c1. The number of ether oxygens (including phenoxy) is 2. The lowest BCUT2D eigenvalue weighted by Gasteiger charge is -2.12. The van der Waals surface area contributed by atoms with Gasteiger partial charge in [0.25, 0.3) is 0 Å². The number of rotatable bonds is 6. The number of carbonyl (C=O) groups is 2. The van der Waals surface area contributed by atoms with Crippen molar-refractivity contribution in [1.29, 1.82) is 5.26 Å². The summed E-state index contributed by atoms with van der Waals surface area (Å²) in [4.78, 5) is 21.5. The van der Waals surface area contributed by atoms with Crippen molar-refractivity contribution in [2.45, 2.75) is 6.61 Å². The molecule has 0 spiro atoms. The van der Waals surface area contributed by atoms with Crippen molar-refractivity contribution in [1.82, 2.24) is 0 Å². The number of nitrogens with zero attached hydrogens (tertiary/aromatic N) is 1. The van der Waals surface area contributed by atoms with Gasteiger partial charge in [-0.1, -0.05) is 6.07 Å². The van der Waals surface area contributed by atoms with Gasteiger partial charge in [0.2, 0.25) is 5.78 Å². The normalized spacial score (nSPS) is 11.8. The first kappa shape index (κ1) is 15.8. The molecule has 1 aliphatic rings. The van der Waals surface area contributed by atoms with E-state index in [-0.39, 0.29) is 12.0 Å². The van der Waals surface area contributed by atoms with Crippen LogP contribution in [0.1, 0.15) is 11.1 Å². The summed E-state index contributed by atoms with van der Waals surface area (Å²) in [5.74, 6) is 0.473. The van der Waals surface area contributed by atoms with E-state index >= 15 is 0 Å². The van der Waals surface area contributed by atoms with Crippen LogP contribution in [0.2, 0.25) is 0 Å². The number of benzene rings is 2. The second-order valence-electron chi connectivity index (χ2n) is 5.17. The molecule has 6 nitrogen and oxygen atoms in total. The highest BCUT2D eigenvalue weighted by Gasteiger charge is 2.15. The summed E-state index contributed by atoms with van der Waals surface area (Å²) in [6, 6.07) is 12.2. The van der Waals surface area contributed by atoms with Gasteiger partial charge in [0.1, 0.15) is 5.75 Å². The van der Waals surface area contributed by atoms with Gasteiger partial charge in [0, 0.05) is 6.07 Å². The number of nitriles is 1. The van der Waals surface area contributed by atoms with Crippen LogP contribution in [0.15, 0.2) is 36.4 Å². The third kappa shape index (κ3) is 3.45. The Morgan fingerprint density at radius 1 is 1.29 bits per heavy atom. The molecule has 0 radical (unpaired) electrons. The van der Waals surface area contributed by atoms with Gasteiger partial charge in [-0.15, -0.1) is 0 Å². The average molecular weight is 321 g/mol. The largest absolute Gasteiger partial charge is 0.481 e. The lowest BCUT2D eigenvalue weighted by molar-refractivity contribution is -0.131. The maximum atomic E-state index is 11.1. The van der Waals surface area contributed by atoms with E-state index < -0.39 is 12.4 Å². The lowest BCUT2D eigenvalue weighted by atomic mass is 9.87. The van der Waals surface area contributed by atoms with Crippen LogP contribution in [-0.2, 0) is 20.9 Å². The van der Waals surface area contributed by atoms with Crippen LogP contribution in [-0.4, -0.2) is 26.2 Å². The summed E-state index contributed by atoms with van der Waals surface area (Å²) in [5.41, 5.74) is 2.54. The molecule has 1 heterocycles. The van der Waals surface area contributed by atoms with E-state index in [2.05, 4.69) is 0 Å². The highest BCUT2D eigenvalue weighted by Crippen LogP contribution is 2.33. The quantitative estimate of drug-likeness (QED) is 0.448. The van der Waals surface area contributed by atoms with Crippen molar-refractivity contribution < 1.29 is 23.7 Å². The Hall–Kier alpha value is -3.11. The third-order valence-corrected chi connectivity index (χ3v) is 3.49. The molecule has 24 heavy (non-hydrogen) atoms. The summed E-state index contributed by atoms with van der Waals surface area (Å²) < 4.78 is 16.5. The Labute approximate surface area is 138 Å². The number of hydrogen-bond acceptors (Lipinski definition) is 6. The molecule has 0 N–H and O–H groups in total. The van der Waals surface area contributed by atoms with Crippen molar-refractivity contribution in [3.63, 3.8) is 0 Å². The summed E-state index contributed by atoms with van der Waals surface area (Å²) in [6.07, 6.45) is 0.190. The Morgan fingerprint density at radius 2 is 2.17 bits per heavy atom. The maximum Gasteiger partial charge on any atom is 0.309 e. The minimum Gasteiger partial charge on any atom is -0.481 e. The zero-order valence-corrected chi connectivity index (χ0v) is 12.7. The summed E-state index contributed by atoms with van der Waals surface area (Å²) >= 11 is 0. The van der Waals surface area contributed by atoms with Gasteiger partial charge in [-0.05, 0) is 35.3 Å². The average Bonchev–Trinajstić information content (AvgIpc) is 3.08. The molecule has 2 aromatic rings. The Bertz CT molecular complexity index is 843. The molecule has 2 aromatic carbocycles. The fraction of sp³-hybridized carbons (Fsp3) is 0.118. The van der Waals surface area contributed by atoms with Gasteiger partial charge >= 0.3 is 7.48 Å². The van der Waals surface area contributed by atoms with Gasteiger partial charge in [0.15, 0.2) is 24.4 Å². The molecule has 0 saturated carbocycles. The molecule has 7 heteroatoms.